The van der Waals surface area contributed by atoms with Crippen molar-refractivity contribution in [1.29, 1.82) is 0 Å². The molecule has 2 heterocycles. The maximum absolute atomic E-state index is 13.8. The molecule has 10 heteroatoms. The van der Waals surface area contributed by atoms with Gasteiger partial charge < -0.3 is 9.47 Å². The molecule has 0 N–H and O–H groups in total. The number of benzene rings is 3. The molecular weight excluding hydrogens is 466 g/mol. The zero-order chi connectivity index (χ0) is 25.6. The van der Waals surface area contributed by atoms with E-state index in [0.29, 0.717) is 11.4 Å². The van der Waals surface area contributed by atoms with E-state index in [9.17, 15) is 19.7 Å². The summed E-state index contributed by atoms with van der Waals surface area (Å²) in [5.41, 5.74) is 1.74. The van der Waals surface area contributed by atoms with E-state index in [2.05, 4.69) is 0 Å². The number of amides is 2. The third-order valence-electron chi connectivity index (χ3n) is 6.43. The van der Waals surface area contributed by atoms with E-state index < -0.39 is 34.8 Å². The number of nitro benzene ring substituents is 1. The van der Waals surface area contributed by atoms with E-state index in [1.807, 2.05) is 19.1 Å². The molecule has 2 aliphatic heterocycles. The Kier molecular flexibility index (Phi) is 5.81. The molecule has 0 spiro atoms. The maximum Gasteiger partial charge on any atom is 0.278 e. The van der Waals surface area contributed by atoms with Crippen molar-refractivity contribution in [3.05, 3.63) is 88.0 Å². The van der Waals surface area contributed by atoms with Gasteiger partial charge in [-0.3, -0.25) is 24.5 Å². The van der Waals surface area contributed by atoms with Gasteiger partial charge in [0, 0.05) is 0 Å². The second-order valence-electron chi connectivity index (χ2n) is 8.53. The number of nitrogens with zero attached hydrogens (tertiary/aromatic N) is 3. The molecule has 2 aliphatic rings. The molecule has 0 unspecified atom stereocenters. The first-order valence-electron chi connectivity index (χ1n) is 11.2. The highest BCUT2D eigenvalue weighted by Crippen LogP contribution is 2.51. The fourth-order valence-electron chi connectivity index (χ4n) is 4.83. The number of imide groups is 1. The number of hydrogen-bond donors (Lipinski definition) is 0. The topological polar surface area (TPSA) is 111 Å². The number of carbonyl (C=O) groups is 2. The molecule has 0 saturated carbocycles. The Morgan fingerprint density at radius 1 is 0.889 bits per heavy atom. The van der Waals surface area contributed by atoms with Gasteiger partial charge in [-0.2, -0.15) is 0 Å². The van der Waals surface area contributed by atoms with E-state index in [1.54, 1.807) is 42.5 Å². The summed E-state index contributed by atoms with van der Waals surface area (Å²) in [6.07, 6.45) is -1.16. The Hall–Kier alpha value is -4.44. The van der Waals surface area contributed by atoms with Crippen molar-refractivity contribution in [3.8, 4) is 11.5 Å². The average Bonchev–Trinajstić information content (AvgIpc) is 3.39. The van der Waals surface area contributed by atoms with Gasteiger partial charge in [0.15, 0.2) is 17.6 Å². The molecule has 3 aromatic carbocycles. The predicted octanol–water partition coefficient (Wildman–Crippen LogP) is 3.97. The first-order chi connectivity index (χ1) is 17.3. The summed E-state index contributed by atoms with van der Waals surface area (Å²) in [7, 11) is 2.80. The number of fused-ring (bicyclic) bond motifs is 1. The summed E-state index contributed by atoms with van der Waals surface area (Å²) in [5, 5.41) is 13.5. The van der Waals surface area contributed by atoms with Crippen LogP contribution in [0.25, 0.3) is 0 Å². The first-order valence-corrected chi connectivity index (χ1v) is 11.2. The summed E-state index contributed by atoms with van der Waals surface area (Å²) < 4.78 is 10.7. The third-order valence-corrected chi connectivity index (χ3v) is 6.43. The lowest BCUT2D eigenvalue weighted by Crippen LogP contribution is -2.37. The quantitative estimate of drug-likeness (QED) is 0.291. The van der Waals surface area contributed by atoms with Crippen LogP contribution in [0.4, 0.5) is 17.1 Å². The molecule has 0 aromatic heterocycles. The molecule has 0 radical (unpaired) electrons. The lowest BCUT2D eigenvalue weighted by Gasteiger charge is -2.29. The summed E-state index contributed by atoms with van der Waals surface area (Å²) >= 11 is 0. The van der Waals surface area contributed by atoms with E-state index in [4.69, 9.17) is 14.3 Å². The minimum Gasteiger partial charge on any atom is -0.493 e. The minimum absolute atomic E-state index is 0.168. The molecule has 184 valence electrons. The van der Waals surface area contributed by atoms with Gasteiger partial charge >= 0.3 is 0 Å². The predicted molar refractivity (Wildman–Crippen MR) is 130 cm³/mol. The number of ether oxygens (including phenoxy) is 2. The van der Waals surface area contributed by atoms with Crippen LogP contribution in [0.15, 0.2) is 66.7 Å². The second kappa shape index (κ2) is 8.97. The maximum atomic E-state index is 13.8. The number of rotatable bonds is 6. The van der Waals surface area contributed by atoms with Crippen LogP contribution in [-0.2, 0) is 14.4 Å². The molecular formula is C26H23N3O7. The normalized spacial score (nSPS) is 21.0. The first kappa shape index (κ1) is 23.3. The Balaban J connectivity index is 1.69. The Morgan fingerprint density at radius 2 is 1.56 bits per heavy atom. The lowest BCUT2D eigenvalue weighted by atomic mass is 9.89. The van der Waals surface area contributed by atoms with Crippen molar-refractivity contribution in [3.63, 3.8) is 0 Å². The van der Waals surface area contributed by atoms with Crippen LogP contribution in [0.1, 0.15) is 17.2 Å². The van der Waals surface area contributed by atoms with Crippen LogP contribution in [0.5, 0.6) is 11.5 Å². The van der Waals surface area contributed by atoms with E-state index in [0.717, 1.165) is 10.5 Å². The van der Waals surface area contributed by atoms with Crippen molar-refractivity contribution in [2.75, 3.05) is 24.2 Å². The Bertz CT molecular complexity index is 1360. The van der Waals surface area contributed by atoms with E-state index >= 15 is 0 Å². The Morgan fingerprint density at radius 3 is 2.19 bits per heavy atom. The number of nitro groups is 1. The zero-order valence-electron chi connectivity index (χ0n) is 19.8. The van der Waals surface area contributed by atoms with Crippen molar-refractivity contribution >= 4 is 28.9 Å². The van der Waals surface area contributed by atoms with Crippen LogP contribution < -0.4 is 19.4 Å². The summed E-state index contributed by atoms with van der Waals surface area (Å²) in [5.74, 6) is -1.63. The summed E-state index contributed by atoms with van der Waals surface area (Å²) in [4.78, 5) is 46.1. The lowest BCUT2D eigenvalue weighted by molar-refractivity contribution is -0.385. The van der Waals surface area contributed by atoms with Gasteiger partial charge in [-0.1, -0.05) is 30.3 Å². The van der Waals surface area contributed by atoms with Gasteiger partial charge in [-0.25, -0.2) is 9.96 Å². The van der Waals surface area contributed by atoms with E-state index in [1.165, 1.54) is 31.4 Å². The van der Waals surface area contributed by atoms with Crippen LogP contribution in [0.3, 0.4) is 0 Å². The van der Waals surface area contributed by atoms with Crippen LogP contribution in [0, 0.1) is 23.0 Å². The number of hydrogen-bond acceptors (Lipinski definition) is 8. The minimum atomic E-state index is -1.16. The number of aryl methyl sites for hydroxylation is 1. The van der Waals surface area contributed by atoms with Gasteiger partial charge in [0.1, 0.15) is 12.0 Å². The average molecular weight is 489 g/mol. The SMILES string of the molecule is COc1cc([C@H]2[C@H]3C(=O)N(c4cccc(C)c4)C(=O)[C@@H]3ON2c2ccccc2)c([N+](=O)[O-])cc1OC. The fraction of sp³-hybridized carbons (Fsp3) is 0.231. The molecule has 2 fully saturated rings. The fourth-order valence-corrected chi connectivity index (χ4v) is 4.83. The largest absolute Gasteiger partial charge is 0.493 e. The van der Waals surface area contributed by atoms with Gasteiger partial charge in [0.25, 0.3) is 11.6 Å². The van der Waals surface area contributed by atoms with Gasteiger partial charge in [-0.15, -0.1) is 0 Å². The van der Waals surface area contributed by atoms with Crippen molar-refractivity contribution < 1.29 is 28.8 Å². The van der Waals surface area contributed by atoms with Crippen molar-refractivity contribution in [2.45, 2.75) is 19.1 Å². The standard InChI is InChI=1S/C26H23N3O7/c1-15-8-7-11-17(12-15)27-25(30)22-23(18-13-20(34-2)21(35-3)14-19(18)29(32)33)28(36-24(22)26(27)31)16-9-5-4-6-10-16/h4-14,22-24H,1-3H3/t22-,23+,24-/m1/s1. The molecule has 2 amide bonds. The number of methoxy groups -OCH3 is 2. The third kappa shape index (κ3) is 3.62. The number of hydroxylamine groups is 1. The molecule has 0 bridgehead atoms. The van der Waals surface area contributed by atoms with Crippen molar-refractivity contribution in [2.24, 2.45) is 5.92 Å². The van der Waals surface area contributed by atoms with E-state index in [-0.39, 0.29) is 22.7 Å². The molecule has 10 nitrogen and oxygen atoms in total. The van der Waals surface area contributed by atoms with Crippen LogP contribution in [0.2, 0.25) is 0 Å². The highest BCUT2D eigenvalue weighted by atomic mass is 16.7. The van der Waals surface area contributed by atoms with Gasteiger partial charge in [0.2, 0.25) is 5.91 Å². The summed E-state index contributed by atoms with van der Waals surface area (Å²) in [6, 6.07) is 17.6. The summed E-state index contributed by atoms with van der Waals surface area (Å²) in [6.45, 7) is 1.86. The van der Waals surface area contributed by atoms with Crippen LogP contribution >= 0.6 is 0 Å². The number of carbonyl (C=O) groups excluding carboxylic acids is 2. The monoisotopic (exact) mass is 489 g/mol. The van der Waals surface area contributed by atoms with Gasteiger partial charge in [0.05, 0.1) is 42.1 Å². The Labute approximate surface area is 206 Å². The molecule has 3 atom stereocenters. The molecule has 36 heavy (non-hydrogen) atoms. The smallest absolute Gasteiger partial charge is 0.278 e. The number of para-hydroxylation sites is 1. The van der Waals surface area contributed by atoms with Crippen LogP contribution in [-0.4, -0.2) is 37.1 Å². The highest BCUT2D eigenvalue weighted by molar-refractivity contribution is 6.24. The number of anilines is 2. The second-order valence-corrected chi connectivity index (χ2v) is 8.53. The highest BCUT2D eigenvalue weighted by Gasteiger charge is 2.61. The molecule has 0 aliphatic carbocycles. The molecule has 2 saturated heterocycles. The van der Waals surface area contributed by atoms with Gasteiger partial charge in [-0.05, 0) is 42.8 Å². The molecule has 5 rings (SSSR count). The molecule has 3 aromatic rings. The van der Waals surface area contributed by atoms with Crippen molar-refractivity contribution in [1.82, 2.24) is 0 Å². The zero-order valence-corrected chi connectivity index (χ0v) is 19.8.